The number of amides is 1. The number of hydrogen-bond acceptors (Lipinski definition) is 2. The molecule has 5 heteroatoms. The van der Waals surface area contributed by atoms with Gasteiger partial charge < -0.3 is 5.32 Å². The lowest BCUT2D eigenvalue weighted by molar-refractivity contribution is -0.134. The summed E-state index contributed by atoms with van der Waals surface area (Å²) < 4.78 is 29.3. The molecule has 0 spiro atoms. The smallest absolute Gasteiger partial charge is 0.223 e. The zero-order valence-corrected chi connectivity index (χ0v) is 14.4. The van der Waals surface area contributed by atoms with Crippen molar-refractivity contribution in [3.8, 4) is 0 Å². The molecule has 1 aromatic carbocycles. The SMILES string of the molecule is CCNC(=O)C1CC(F)(c2ccc(CN3CCC[C@@H]3C)c(F)c2)C1. The number of carbonyl (C=O) groups excluding carboxylic acids is 1. The molecular weight excluding hydrogens is 310 g/mol. The largest absolute Gasteiger partial charge is 0.356 e. The third kappa shape index (κ3) is 3.32. The average Bonchev–Trinajstić information content (AvgIpc) is 2.91. The van der Waals surface area contributed by atoms with E-state index in [0.29, 0.717) is 30.3 Å². The number of rotatable bonds is 5. The van der Waals surface area contributed by atoms with Gasteiger partial charge in [-0.15, -0.1) is 0 Å². The second kappa shape index (κ2) is 6.79. The van der Waals surface area contributed by atoms with Gasteiger partial charge in [-0.1, -0.05) is 12.1 Å². The van der Waals surface area contributed by atoms with Crippen molar-refractivity contribution in [1.82, 2.24) is 10.2 Å². The Morgan fingerprint density at radius 1 is 1.42 bits per heavy atom. The summed E-state index contributed by atoms with van der Waals surface area (Å²) in [5.74, 6) is -0.751. The molecule has 2 aliphatic rings. The molecular formula is C19H26F2N2O. The van der Waals surface area contributed by atoms with E-state index in [1.807, 2.05) is 6.92 Å². The van der Waals surface area contributed by atoms with Gasteiger partial charge in [-0.25, -0.2) is 8.78 Å². The van der Waals surface area contributed by atoms with E-state index < -0.39 is 5.67 Å². The number of likely N-dealkylation sites (tertiary alicyclic amines) is 1. The van der Waals surface area contributed by atoms with Crippen LogP contribution in [0.4, 0.5) is 8.78 Å². The first-order valence-corrected chi connectivity index (χ1v) is 8.92. The summed E-state index contributed by atoms with van der Waals surface area (Å²) in [4.78, 5) is 14.0. The van der Waals surface area contributed by atoms with Crippen LogP contribution in [0, 0.1) is 11.7 Å². The number of nitrogens with zero attached hydrogens (tertiary/aromatic N) is 1. The van der Waals surface area contributed by atoms with Gasteiger partial charge in [0, 0.05) is 30.6 Å². The van der Waals surface area contributed by atoms with Crippen LogP contribution in [0.2, 0.25) is 0 Å². The molecule has 1 saturated carbocycles. The van der Waals surface area contributed by atoms with Crippen molar-refractivity contribution in [2.24, 2.45) is 5.92 Å². The molecule has 2 fully saturated rings. The molecule has 1 aliphatic heterocycles. The Hall–Kier alpha value is -1.49. The highest BCUT2D eigenvalue weighted by Crippen LogP contribution is 2.49. The van der Waals surface area contributed by atoms with Crippen LogP contribution in [0.3, 0.4) is 0 Å². The molecule has 1 N–H and O–H groups in total. The van der Waals surface area contributed by atoms with Crippen molar-refractivity contribution >= 4 is 5.91 Å². The first kappa shape index (κ1) is 17.3. The Morgan fingerprint density at radius 3 is 2.75 bits per heavy atom. The van der Waals surface area contributed by atoms with E-state index in [1.165, 1.54) is 6.07 Å². The molecule has 0 unspecified atom stereocenters. The van der Waals surface area contributed by atoms with Crippen LogP contribution >= 0.6 is 0 Å². The molecule has 1 atom stereocenters. The normalized spacial score (nSPS) is 30.2. The topological polar surface area (TPSA) is 32.3 Å². The molecule has 3 nitrogen and oxygen atoms in total. The third-order valence-corrected chi connectivity index (χ3v) is 5.50. The van der Waals surface area contributed by atoms with E-state index in [4.69, 9.17) is 0 Å². The summed E-state index contributed by atoms with van der Waals surface area (Å²) in [7, 11) is 0. The minimum absolute atomic E-state index is 0.106. The maximum absolute atomic E-state index is 14.9. The van der Waals surface area contributed by atoms with Gasteiger partial charge in [0.05, 0.1) is 0 Å². The lowest BCUT2D eigenvalue weighted by atomic mass is 9.68. The van der Waals surface area contributed by atoms with Crippen LogP contribution in [0.25, 0.3) is 0 Å². The van der Waals surface area contributed by atoms with Gasteiger partial charge in [0.15, 0.2) is 0 Å². The maximum Gasteiger partial charge on any atom is 0.223 e. The standard InChI is InChI=1S/C19H26F2N2O/c1-3-22-18(24)15-10-19(21,11-15)16-7-6-14(17(20)9-16)12-23-8-4-5-13(23)2/h6-7,9,13,15H,3-5,8,10-12H2,1-2H3,(H,22,24)/t13-,15?,19?/m0/s1. The first-order valence-electron chi connectivity index (χ1n) is 8.92. The molecule has 1 saturated heterocycles. The molecule has 0 aromatic heterocycles. The Balaban J connectivity index is 1.66. The second-order valence-corrected chi connectivity index (χ2v) is 7.23. The van der Waals surface area contributed by atoms with Gasteiger partial charge in [-0.3, -0.25) is 9.69 Å². The van der Waals surface area contributed by atoms with Crippen molar-refractivity contribution in [3.63, 3.8) is 0 Å². The van der Waals surface area contributed by atoms with E-state index in [0.717, 1.165) is 19.4 Å². The van der Waals surface area contributed by atoms with E-state index in [2.05, 4.69) is 17.1 Å². The Morgan fingerprint density at radius 2 is 2.17 bits per heavy atom. The first-order chi connectivity index (χ1) is 11.4. The van der Waals surface area contributed by atoms with Crippen molar-refractivity contribution in [2.75, 3.05) is 13.1 Å². The fraction of sp³-hybridized carbons (Fsp3) is 0.632. The number of benzene rings is 1. The maximum atomic E-state index is 14.9. The van der Waals surface area contributed by atoms with Crippen LogP contribution in [0.15, 0.2) is 18.2 Å². The van der Waals surface area contributed by atoms with E-state index in [9.17, 15) is 13.6 Å². The van der Waals surface area contributed by atoms with E-state index in [-0.39, 0.29) is 30.5 Å². The highest BCUT2D eigenvalue weighted by Gasteiger charge is 2.49. The molecule has 1 heterocycles. The van der Waals surface area contributed by atoms with E-state index >= 15 is 0 Å². The fourth-order valence-corrected chi connectivity index (χ4v) is 3.86. The quantitative estimate of drug-likeness (QED) is 0.892. The molecule has 1 amide bonds. The average molecular weight is 336 g/mol. The molecule has 132 valence electrons. The van der Waals surface area contributed by atoms with Gasteiger partial charge in [-0.05, 0) is 57.7 Å². The Labute approximate surface area is 142 Å². The van der Waals surface area contributed by atoms with Crippen LogP contribution in [0.5, 0.6) is 0 Å². The molecule has 3 rings (SSSR count). The molecule has 0 bridgehead atoms. The number of nitrogens with one attached hydrogen (secondary N) is 1. The molecule has 1 aromatic rings. The lowest BCUT2D eigenvalue weighted by Gasteiger charge is -2.40. The summed E-state index contributed by atoms with van der Waals surface area (Å²) in [5, 5.41) is 2.72. The predicted octanol–water partition coefficient (Wildman–Crippen LogP) is 3.52. The lowest BCUT2D eigenvalue weighted by Crippen LogP contribution is -2.45. The monoisotopic (exact) mass is 336 g/mol. The van der Waals surface area contributed by atoms with Crippen molar-refractivity contribution in [2.45, 2.75) is 57.8 Å². The van der Waals surface area contributed by atoms with Crippen molar-refractivity contribution < 1.29 is 13.6 Å². The Bertz CT molecular complexity index is 613. The highest BCUT2D eigenvalue weighted by molar-refractivity contribution is 5.80. The molecule has 1 aliphatic carbocycles. The predicted molar refractivity (Wildman–Crippen MR) is 89.7 cm³/mol. The van der Waals surface area contributed by atoms with Gasteiger partial charge >= 0.3 is 0 Å². The van der Waals surface area contributed by atoms with Crippen LogP contribution in [0.1, 0.15) is 50.7 Å². The summed E-state index contributed by atoms with van der Waals surface area (Å²) in [6.45, 7) is 6.12. The van der Waals surface area contributed by atoms with Gasteiger partial charge in [0.2, 0.25) is 5.91 Å². The number of carbonyl (C=O) groups is 1. The van der Waals surface area contributed by atoms with E-state index in [1.54, 1.807) is 12.1 Å². The second-order valence-electron chi connectivity index (χ2n) is 7.23. The zero-order chi connectivity index (χ0) is 17.3. The summed E-state index contributed by atoms with van der Waals surface area (Å²) in [6.07, 6.45) is 2.58. The van der Waals surface area contributed by atoms with Gasteiger partial charge in [-0.2, -0.15) is 0 Å². The molecule has 24 heavy (non-hydrogen) atoms. The molecule has 0 radical (unpaired) electrons. The van der Waals surface area contributed by atoms with Crippen molar-refractivity contribution in [1.29, 1.82) is 0 Å². The number of hydrogen-bond donors (Lipinski definition) is 1. The minimum Gasteiger partial charge on any atom is -0.356 e. The van der Waals surface area contributed by atoms with Crippen LogP contribution in [-0.4, -0.2) is 29.9 Å². The summed E-state index contributed by atoms with van der Waals surface area (Å²) >= 11 is 0. The Kier molecular flexibility index (Phi) is 4.90. The zero-order valence-electron chi connectivity index (χ0n) is 14.4. The van der Waals surface area contributed by atoms with Crippen LogP contribution in [-0.2, 0) is 17.0 Å². The van der Waals surface area contributed by atoms with Gasteiger partial charge in [0.1, 0.15) is 11.5 Å². The fourth-order valence-electron chi connectivity index (χ4n) is 3.86. The van der Waals surface area contributed by atoms with Crippen molar-refractivity contribution in [3.05, 3.63) is 35.1 Å². The number of alkyl halides is 1. The minimum atomic E-state index is -1.57. The van der Waals surface area contributed by atoms with Gasteiger partial charge in [0.25, 0.3) is 0 Å². The third-order valence-electron chi connectivity index (χ3n) is 5.50. The highest BCUT2D eigenvalue weighted by atomic mass is 19.1. The van der Waals surface area contributed by atoms with Crippen LogP contribution < -0.4 is 5.32 Å². The number of halogens is 2. The summed E-state index contributed by atoms with van der Waals surface area (Å²) in [6, 6.07) is 5.19. The summed E-state index contributed by atoms with van der Waals surface area (Å²) in [5.41, 5.74) is -0.592.